The number of aliphatic hydroxyl groups is 8. The summed E-state index contributed by atoms with van der Waals surface area (Å²) in [6, 6.07) is -0.835. The summed E-state index contributed by atoms with van der Waals surface area (Å²) in [6.45, 7) is 2.89. The van der Waals surface area contributed by atoms with Crippen molar-refractivity contribution < 1.29 is 64.6 Å². The molecule has 9 N–H and O–H groups in total. The second-order valence-electron chi connectivity index (χ2n) is 26.1. The molecule has 2 rings (SSSR count). The fraction of sp³-hybridized carbons (Fsp3) is 0.904. The van der Waals surface area contributed by atoms with Crippen molar-refractivity contribution in [3.8, 4) is 0 Å². The molecule has 2 fully saturated rings. The first-order valence-electron chi connectivity index (χ1n) is 36.7. The number of aliphatic hydroxyl groups excluding tert-OH is 8. The maximum atomic E-state index is 13.4. The van der Waals surface area contributed by atoms with Crippen LogP contribution in [0.4, 0.5) is 0 Å². The van der Waals surface area contributed by atoms with Gasteiger partial charge in [-0.2, -0.15) is 0 Å². The van der Waals surface area contributed by atoms with E-state index in [2.05, 4.69) is 55.6 Å². The zero-order valence-corrected chi connectivity index (χ0v) is 55.8. The van der Waals surface area contributed by atoms with Gasteiger partial charge < -0.3 is 65.1 Å². The zero-order chi connectivity index (χ0) is 63.1. The first-order chi connectivity index (χ1) is 42.6. The van der Waals surface area contributed by atoms with Gasteiger partial charge in [-0.05, 0) is 51.4 Å². The van der Waals surface area contributed by atoms with Crippen LogP contribution in [-0.2, 0) is 23.7 Å². The minimum atomic E-state index is -1.78. The zero-order valence-electron chi connectivity index (χ0n) is 55.8. The molecule has 2 aliphatic heterocycles. The maximum Gasteiger partial charge on any atom is 0.220 e. The first-order valence-corrected chi connectivity index (χ1v) is 36.7. The summed E-state index contributed by atoms with van der Waals surface area (Å²) >= 11 is 0. The largest absolute Gasteiger partial charge is 0.394 e. The Morgan fingerprint density at radius 1 is 0.414 bits per heavy atom. The van der Waals surface area contributed by atoms with E-state index in [1.54, 1.807) is 0 Å². The molecule has 0 aromatic heterocycles. The van der Waals surface area contributed by atoms with Crippen LogP contribution in [-0.4, -0.2) is 140 Å². The van der Waals surface area contributed by atoms with Crippen LogP contribution in [0.15, 0.2) is 36.5 Å². The van der Waals surface area contributed by atoms with E-state index in [0.29, 0.717) is 19.3 Å². The Kier molecular flexibility index (Phi) is 54.3. The maximum absolute atomic E-state index is 13.4. The summed E-state index contributed by atoms with van der Waals surface area (Å²) in [6.07, 6.45) is 57.3. The van der Waals surface area contributed by atoms with Crippen LogP contribution in [0.5, 0.6) is 0 Å². The van der Waals surface area contributed by atoms with Crippen LogP contribution in [0.25, 0.3) is 0 Å². The van der Waals surface area contributed by atoms with E-state index in [0.717, 1.165) is 64.2 Å². The lowest BCUT2D eigenvalue weighted by molar-refractivity contribution is -0.359. The Balaban J connectivity index is 1.65. The molecule has 0 radical (unpaired) electrons. The minimum absolute atomic E-state index is 0.210. The second-order valence-corrected chi connectivity index (χ2v) is 26.1. The van der Waals surface area contributed by atoms with Crippen molar-refractivity contribution in [2.75, 3.05) is 19.8 Å². The topological polar surface area (TPSA) is 228 Å². The third kappa shape index (κ3) is 42.1. The standard InChI is InChI=1S/C73H137NO13/c1-3-5-7-9-11-13-15-17-19-21-23-25-27-28-29-30-31-32-33-35-36-38-40-42-44-46-48-50-52-54-56-62(77)61(60-84-72-70(83)68(81)71(64(59-76)86-72)87-73-69(82)67(80)66(79)63(58-75)85-73)74-65(78)57-55-53-51-49-47-45-43-41-39-37-34-26-24-22-20-18-16-14-12-10-8-6-4-2/h16,18,22,24,34,37,61-64,66-73,75-77,79-83H,3-15,17,19-21,23,25-33,35-36,38-60H2,1-2H3,(H,74,78)/b18-16-,24-22-,37-34-. The Morgan fingerprint density at radius 2 is 0.759 bits per heavy atom. The van der Waals surface area contributed by atoms with Gasteiger partial charge in [-0.25, -0.2) is 0 Å². The van der Waals surface area contributed by atoms with Crippen molar-refractivity contribution in [1.82, 2.24) is 5.32 Å². The van der Waals surface area contributed by atoms with Crippen molar-refractivity contribution in [3.05, 3.63) is 36.5 Å². The molecule has 0 aliphatic carbocycles. The van der Waals surface area contributed by atoms with Gasteiger partial charge in [-0.1, -0.05) is 307 Å². The van der Waals surface area contributed by atoms with Gasteiger partial charge in [-0.3, -0.25) is 4.79 Å². The fourth-order valence-electron chi connectivity index (χ4n) is 12.2. The quantitative estimate of drug-likeness (QED) is 0.0204. The number of rotatable bonds is 61. The predicted octanol–water partition coefficient (Wildman–Crippen LogP) is 15.3. The van der Waals surface area contributed by atoms with Gasteiger partial charge in [0.25, 0.3) is 0 Å². The van der Waals surface area contributed by atoms with Gasteiger partial charge in [0.2, 0.25) is 5.91 Å². The van der Waals surface area contributed by atoms with Crippen LogP contribution in [0.3, 0.4) is 0 Å². The third-order valence-electron chi connectivity index (χ3n) is 18.1. The molecule has 12 unspecified atom stereocenters. The minimum Gasteiger partial charge on any atom is -0.394 e. The summed E-state index contributed by atoms with van der Waals surface area (Å²) in [5, 5.41) is 87.7. The van der Waals surface area contributed by atoms with E-state index in [9.17, 15) is 45.6 Å². The molecule has 512 valence electrons. The number of allylic oxidation sites excluding steroid dienone is 6. The molecule has 12 atom stereocenters. The molecule has 0 aromatic carbocycles. The van der Waals surface area contributed by atoms with Crippen molar-refractivity contribution >= 4 is 5.91 Å². The van der Waals surface area contributed by atoms with Crippen LogP contribution in [0.2, 0.25) is 0 Å². The van der Waals surface area contributed by atoms with Crippen LogP contribution < -0.4 is 5.32 Å². The Hall–Kier alpha value is -1.79. The van der Waals surface area contributed by atoms with Crippen molar-refractivity contribution in [2.24, 2.45) is 0 Å². The number of nitrogens with one attached hydrogen (secondary N) is 1. The fourth-order valence-corrected chi connectivity index (χ4v) is 12.2. The second kappa shape index (κ2) is 58.1. The average Bonchev–Trinajstić information content (AvgIpc) is 2.33. The number of carbonyl (C=O) groups excluding carboxylic acids is 1. The van der Waals surface area contributed by atoms with E-state index in [4.69, 9.17) is 18.9 Å². The molecule has 2 saturated heterocycles. The smallest absolute Gasteiger partial charge is 0.220 e. The van der Waals surface area contributed by atoms with Crippen LogP contribution in [0.1, 0.15) is 328 Å². The lowest BCUT2D eigenvalue weighted by atomic mass is 9.97. The van der Waals surface area contributed by atoms with Gasteiger partial charge in [0.15, 0.2) is 12.6 Å². The van der Waals surface area contributed by atoms with Gasteiger partial charge in [-0.15, -0.1) is 0 Å². The van der Waals surface area contributed by atoms with E-state index in [-0.39, 0.29) is 12.5 Å². The van der Waals surface area contributed by atoms with Crippen LogP contribution >= 0.6 is 0 Å². The molecule has 87 heavy (non-hydrogen) atoms. The number of hydrogen-bond acceptors (Lipinski definition) is 13. The Bertz CT molecular complexity index is 1600. The van der Waals surface area contributed by atoms with E-state index in [1.807, 2.05) is 0 Å². The molecule has 0 spiro atoms. The average molecular weight is 1240 g/mol. The molecule has 1 amide bonds. The number of amides is 1. The highest BCUT2D eigenvalue weighted by molar-refractivity contribution is 5.76. The van der Waals surface area contributed by atoms with Crippen molar-refractivity contribution in [3.63, 3.8) is 0 Å². The van der Waals surface area contributed by atoms with Gasteiger partial charge in [0.05, 0.1) is 32.0 Å². The summed E-state index contributed by atoms with van der Waals surface area (Å²) in [5.41, 5.74) is 0. The molecular formula is C73H137NO13. The molecule has 0 bridgehead atoms. The van der Waals surface area contributed by atoms with Gasteiger partial charge in [0.1, 0.15) is 48.8 Å². The monoisotopic (exact) mass is 1240 g/mol. The lowest BCUT2D eigenvalue weighted by Crippen LogP contribution is -2.65. The molecular weight excluding hydrogens is 1100 g/mol. The molecule has 0 saturated carbocycles. The molecule has 2 aliphatic rings. The van der Waals surface area contributed by atoms with Crippen molar-refractivity contribution in [2.45, 2.75) is 402 Å². The number of unbranched alkanes of at least 4 members (excludes halogenated alkanes) is 42. The predicted molar refractivity (Wildman–Crippen MR) is 355 cm³/mol. The van der Waals surface area contributed by atoms with E-state index < -0.39 is 86.8 Å². The summed E-state index contributed by atoms with van der Waals surface area (Å²) in [7, 11) is 0. The Morgan fingerprint density at radius 3 is 1.16 bits per heavy atom. The molecule has 2 heterocycles. The lowest BCUT2D eigenvalue weighted by Gasteiger charge is -2.46. The normalized spacial score (nSPS) is 23.4. The van der Waals surface area contributed by atoms with E-state index >= 15 is 0 Å². The third-order valence-corrected chi connectivity index (χ3v) is 18.1. The molecule has 14 heteroatoms. The summed E-state index contributed by atoms with van der Waals surface area (Å²) < 4.78 is 22.9. The van der Waals surface area contributed by atoms with Crippen molar-refractivity contribution in [1.29, 1.82) is 0 Å². The SMILES string of the molecule is CCCCCCC/C=C\C/C=C\C/C=C\CCCCCCCCCCC(=O)NC(COC1OC(CO)C(OC2OC(CO)C(O)C(O)C2O)C(O)C1O)C(O)CCCCCCCCCCCCCCCCCCCCCCCCCCCCCCCC. The summed E-state index contributed by atoms with van der Waals surface area (Å²) in [4.78, 5) is 13.4. The highest BCUT2D eigenvalue weighted by Gasteiger charge is 2.51. The Labute approximate surface area is 531 Å². The first kappa shape index (κ1) is 81.3. The van der Waals surface area contributed by atoms with Gasteiger partial charge in [0, 0.05) is 6.42 Å². The molecule has 14 nitrogen and oxygen atoms in total. The van der Waals surface area contributed by atoms with Gasteiger partial charge >= 0.3 is 0 Å². The number of carbonyl (C=O) groups is 1. The highest BCUT2D eigenvalue weighted by Crippen LogP contribution is 2.30. The highest BCUT2D eigenvalue weighted by atomic mass is 16.7. The number of hydrogen-bond donors (Lipinski definition) is 9. The van der Waals surface area contributed by atoms with Crippen LogP contribution in [0, 0.1) is 0 Å². The summed E-state index contributed by atoms with van der Waals surface area (Å²) in [5.74, 6) is -0.210. The number of ether oxygens (including phenoxy) is 4. The van der Waals surface area contributed by atoms with E-state index in [1.165, 1.54) is 231 Å². The molecule has 0 aromatic rings.